The van der Waals surface area contributed by atoms with Crippen molar-refractivity contribution in [2.75, 3.05) is 0 Å². The van der Waals surface area contributed by atoms with Crippen LogP contribution in [0.5, 0.6) is 0 Å². The SMILES string of the molecule is Cc1cc(C(=O)NCc2cccc(COC(C)C)c2)c(C)n1-c1ccccn1. The van der Waals surface area contributed by atoms with Crippen LogP contribution < -0.4 is 5.32 Å². The van der Waals surface area contributed by atoms with E-state index in [0.29, 0.717) is 18.7 Å². The third kappa shape index (κ3) is 4.67. The number of ether oxygens (including phenoxy) is 1. The first kappa shape index (κ1) is 19.8. The van der Waals surface area contributed by atoms with Gasteiger partial charge in [-0.05, 0) is 57.0 Å². The van der Waals surface area contributed by atoms with Gasteiger partial charge in [0.1, 0.15) is 5.82 Å². The highest BCUT2D eigenvalue weighted by atomic mass is 16.5. The van der Waals surface area contributed by atoms with Gasteiger partial charge >= 0.3 is 0 Å². The van der Waals surface area contributed by atoms with Crippen LogP contribution in [0.25, 0.3) is 5.82 Å². The fraction of sp³-hybridized carbons (Fsp3) is 0.304. The molecule has 146 valence electrons. The molecule has 0 saturated heterocycles. The van der Waals surface area contributed by atoms with Crippen LogP contribution in [0, 0.1) is 13.8 Å². The Morgan fingerprint density at radius 1 is 1.11 bits per heavy atom. The zero-order valence-corrected chi connectivity index (χ0v) is 16.9. The number of rotatable bonds is 7. The maximum atomic E-state index is 12.8. The second kappa shape index (κ2) is 8.85. The average molecular weight is 377 g/mol. The van der Waals surface area contributed by atoms with Gasteiger partial charge in [0.05, 0.1) is 18.3 Å². The van der Waals surface area contributed by atoms with Crippen LogP contribution in [0.3, 0.4) is 0 Å². The highest BCUT2D eigenvalue weighted by Gasteiger charge is 2.17. The Morgan fingerprint density at radius 3 is 2.61 bits per heavy atom. The molecule has 0 atom stereocenters. The fourth-order valence-corrected chi connectivity index (χ4v) is 3.20. The summed E-state index contributed by atoms with van der Waals surface area (Å²) in [6.07, 6.45) is 1.95. The van der Waals surface area contributed by atoms with Crippen LogP contribution in [0.4, 0.5) is 0 Å². The van der Waals surface area contributed by atoms with Gasteiger partial charge in [0.2, 0.25) is 0 Å². The van der Waals surface area contributed by atoms with Crippen molar-refractivity contribution >= 4 is 5.91 Å². The van der Waals surface area contributed by atoms with E-state index >= 15 is 0 Å². The molecule has 0 unspecified atom stereocenters. The van der Waals surface area contributed by atoms with Crippen LogP contribution in [-0.4, -0.2) is 21.6 Å². The molecule has 0 radical (unpaired) electrons. The predicted octanol–water partition coefficient (Wildman–Crippen LogP) is 4.34. The molecule has 3 aromatic rings. The van der Waals surface area contributed by atoms with Gasteiger partial charge in [-0.25, -0.2) is 4.98 Å². The predicted molar refractivity (Wildman–Crippen MR) is 111 cm³/mol. The smallest absolute Gasteiger partial charge is 0.253 e. The Morgan fingerprint density at radius 2 is 1.89 bits per heavy atom. The molecule has 0 aliphatic carbocycles. The Balaban J connectivity index is 1.70. The molecule has 0 aliphatic heterocycles. The number of aromatic nitrogens is 2. The number of carbonyl (C=O) groups excluding carboxylic acids is 1. The van der Waals surface area contributed by atoms with Crippen molar-refractivity contribution in [3.63, 3.8) is 0 Å². The van der Waals surface area contributed by atoms with Crippen LogP contribution >= 0.6 is 0 Å². The summed E-state index contributed by atoms with van der Waals surface area (Å²) in [7, 11) is 0. The Bertz CT molecular complexity index is 946. The van der Waals surface area contributed by atoms with Gasteiger partial charge < -0.3 is 14.6 Å². The van der Waals surface area contributed by atoms with Crippen LogP contribution in [0.2, 0.25) is 0 Å². The van der Waals surface area contributed by atoms with E-state index in [0.717, 1.165) is 28.3 Å². The van der Waals surface area contributed by atoms with E-state index in [1.165, 1.54) is 0 Å². The molecule has 2 heterocycles. The molecule has 5 heteroatoms. The number of nitrogens with zero attached hydrogens (tertiary/aromatic N) is 2. The Kier molecular flexibility index (Phi) is 6.26. The normalized spacial score (nSPS) is 11.0. The minimum Gasteiger partial charge on any atom is -0.374 e. The molecule has 1 amide bonds. The Hall–Kier alpha value is -2.92. The zero-order chi connectivity index (χ0) is 20.1. The molecule has 0 aliphatic rings. The van der Waals surface area contributed by atoms with Crippen LogP contribution in [0.15, 0.2) is 54.7 Å². The van der Waals surface area contributed by atoms with E-state index in [2.05, 4.69) is 16.4 Å². The lowest BCUT2D eigenvalue weighted by Crippen LogP contribution is -2.23. The van der Waals surface area contributed by atoms with Crippen molar-refractivity contribution in [2.24, 2.45) is 0 Å². The molecular weight excluding hydrogens is 350 g/mol. The van der Waals surface area contributed by atoms with Crippen LogP contribution in [-0.2, 0) is 17.9 Å². The third-order valence-electron chi connectivity index (χ3n) is 4.58. The molecule has 28 heavy (non-hydrogen) atoms. The molecule has 5 nitrogen and oxygen atoms in total. The monoisotopic (exact) mass is 377 g/mol. The molecule has 0 spiro atoms. The summed E-state index contributed by atoms with van der Waals surface area (Å²) >= 11 is 0. The average Bonchev–Trinajstić information content (AvgIpc) is 2.99. The highest BCUT2D eigenvalue weighted by molar-refractivity contribution is 5.95. The minimum atomic E-state index is -0.0842. The van der Waals surface area contributed by atoms with Gasteiger partial charge in [0, 0.05) is 24.1 Å². The highest BCUT2D eigenvalue weighted by Crippen LogP contribution is 2.19. The molecule has 1 aromatic carbocycles. The summed E-state index contributed by atoms with van der Waals surface area (Å²) in [5, 5.41) is 3.03. The Labute approximate surface area is 166 Å². The number of hydrogen-bond acceptors (Lipinski definition) is 3. The maximum Gasteiger partial charge on any atom is 0.253 e. The van der Waals surface area contributed by atoms with E-state index in [4.69, 9.17) is 4.74 Å². The minimum absolute atomic E-state index is 0.0842. The van der Waals surface area contributed by atoms with Gasteiger partial charge in [0.15, 0.2) is 0 Å². The lowest BCUT2D eigenvalue weighted by atomic mass is 10.1. The molecule has 3 rings (SSSR count). The second-order valence-electron chi connectivity index (χ2n) is 7.17. The first-order valence-corrected chi connectivity index (χ1v) is 9.53. The lowest BCUT2D eigenvalue weighted by Gasteiger charge is -2.10. The van der Waals surface area contributed by atoms with Crippen molar-refractivity contribution < 1.29 is 9.53 Å². The van der Waals surface area contributed by atoms with Crippen molar-refractivity contribution in [3.05, 3.63) is 82.8 Å². The van der Waals surface area contributed by atoms with Crippen molar-refractivity contribution in [3.8, 4) is 5.82 Å². The molecule has 2 aromatic heterocycles. The number of carbonyl (C=O) groups is 1. The first-order valence-electron chi connectivity index (χ1n) is 9.53. The number of nitrogens with one attached hydrogen (secondary N) is 1. The summed E-state index contributed by atoms with van der Waals surface area (Å²) in [5.74, 6) is 0.730. The first-order chi connectivity index (χ1) is 13.5. The van der Waals surface area contributed by atoms with Gasteiger partial charge in [-0.1, -0.05) is 30.3 Å². The van der Waals surface area contributed by atoms with E-state index in [9.17, 15) is 4.79 Å². The van der Waals surface area contributed by atoms with Gasteiger partial charge in [-0.15, -0.1) is 0 Å². The molecule has 0 bridgehead atoms. The van der Waals surface area contributed by atoms with Crippen molar-refractivity contribution in [1.29, 1.82) is 0 Å². The van der Waals surface area contributed by atoms with E-state index < -0.39 is 0 Å². The van der Waals surface area contributed by atoms with E-state index in [-0.39, 0.29) is 12.0 Å². The van der Waals surface area contributed by atoms with E-state index in [1.807, 2.05) is 74.7 Å². The van der Waals surface area contributed by atoms with E-state index in [1.54, 1.807) is 6.20 Å². The fourth-order valence-electron chi connectivity index (χ4n) is 3.20. The van der Waals surface area contributed by atoms with Gasteiger partial charge in [-0.3, -0.25) is 4.79 Å². The molecular formula is C23H27N3O2. The lowest BCUT2D eigenvalue weighted by molar-refractivity contribution is 0.0657. The second-order valence-corrected chi connectivity index (χ2v) is 7.17. The topological polar surface area (TPSA) is 56.1 Å². The maximum absolute atomic E-state index is 12.8. The van der Waals surface area contributed by atoms with Gasteiger partial charge in [0.25, 0.3) is 5.91 Å². The number of amides is 1. The number of aryl methyl sites for hydroxylation is 1. The largest absolute Gasteiger partial charge is 0.374 e. The summed E-state index contributed by atoms with van der Waals surface area (Å²) in [6.45, 7) is 9.01. The summed E-state index contributed by atoms with van der Waals surface area (Å²) in [5.41, 5.74) is 4.69. The standard InChI is InChI=1S/C23H27N3O2/c1-16(2)28-15-20-9-7-8-19(13-20)14-25-23(27)21-12-17(3)26(18(21)4)22-10-5-6-11-24-22/h5-13,16H,14-15H2,1-4H3,(H,25,27). The van der Waals surface area contributed by atoms with Crippen molar-refractivity contribution in [1.82, 2.24) is 14.9 Å². The van der Waals surface area contributed by atoms with Crippen LogP contribution in [0.1, 0.15) is 46.7 Å². The summed E-state index contributed by atoms with van der Waals surface area (Å²) < 4.78 is 7.65. The molecule has 1 N–H and O–H groups in total. The van der Waals surface area contributed by atoms with Crippen molar-refractivity contribution in [2.45, 2.75) is 47.0 Å². The number of benzene rings is 1. The summed E-state index contributed by atoms with van der Waals surface area (Å²) in [4.78, 5) is 17.2. The molecule has 0 saturated carbocycles. The summed E-state index contributed by atoms with van der Waals surface area (Å²) in [6, 6.07) is 15.8. The third-order valence-corrected chi connectivity index (χ3v) is 4.58. The zero-order valence-electron chi connectivity index (χ0n) is 16.9. The number of hydrogen-bond donors (Lipinski definition) is 1. The number of pyridine rings is 1. The van der Waals surface area contributed by atoms with Gasteiger partial charge in [-0.2, -0.15) is 0 Å². The quantitative estimate of drug-likeness (QED) is 0.666. The molecule has 0 fully saturated rings.